The molecule has 0 atom stereocenters. The second-order valence-corrected chi connectivity index (χ2v) is 7.16. The highest BCUT2D eigenvalue weighted by molar-refractivity contribution is 6.01. The number of aryl methyl sites for hydroxylation is 1. The average molecular weight is 383 g/mol. The van der Waals surface area contributed by atoms with Crippen LogP contribution >= 0.6 is 0 Å². The second kappa shape index (κ2) is 8.33. The molecule has 3 amide bonds. The molecule has 1 N–H and O–H groups in total. The van der Waals surface area contributed by atoms with Crippen molar-refractivity contribution in [2.24, 2.45) is 0 Å². The van der Waals surface area contributed by atoms with Crippen molar-refractivity contribution in [3.63, 3.8) is 0 Å². The van der Waals surface area contributed by atoms with Gasteiger partial charge in [0.2, 0.25) is 17.6 Å². The van der Waals surface area contributed by atoms with Crippen LogP contribution in [0.3, 0.4) is 0 Å². The Morgan fingerprint density at radius 1 is 1.18 bits per heavy atom. The number of aromatic nitrogens is 3. The van der Waals surface area contributed by atoms with Crippen LogP contribution in [0.15, 0.2) is 24.3 Å². The number of likely N-dealkylation sites (tertiary alicyclic amines) is 1. The average Bonchev–Trinajstić information content (AvgIpc) is 3.21. The predicted molar refractivity (Wildman–Crippen MR) is 103 cm³/mol. The molecule has 1 aromatic carbocycles. The molecule has 1 aliphatic rings. The topological polar surface area (TPSA) is 97.2 Å². The first-order chi connectivity index (χ1) is 13.4. The van der Waals surface area contributed by atoms with Crippen LogP contribution in [0.2, 0.25) is 0 Å². The summed E-state index contributed by atoms with van der Waals surface area (Å²) in [4.78, 5) is 41.1. The van der Waals surface area contributed by atoms with Gasteiger partial charge in [0.25, 0.3) is 5.91 Å². The third-order valence-corrected chi connectivity index (χ3v) is 4.76. The zero-order valence-corrected chi connectivity index (χ0v) is 16.4. The van der Waals surface area contributed by atoms with Crippen molar-refractivity contribution in [3.8, 4) is 5.69 Å². The van der Waals surface area contributed by atoms with Crippen LogP contribution in [0.4, 0.5) is 0 Å². The minimum Gasteiger partial charge on any atom is -0.349 e. The molecule has 1 fully saturated rings. The standard InChI is InChI=1S/C20H25N5O3/c1-13(2)15-7-4-5-8-16(15)25-14(3)22-19(23-25)20(28)21-11-6-12-24-17(26)9-10-18(24)27/h4-5,7-8,13H,6,9-12H2,1-3H3,(H,21,28). The van der Waals surface area contributed by atoms with Crippen molar-refractivity contribution in [2.45, 2.75) is 46.0 Å². The van der Waals surface area contributed by atoms with Gasteiger partial charge >= 0.3 is 0 Å². The normalized spacial score (nSPS) is 14.2. The predicted octanol–water partition coefficient (Wildman–Crippen LogP) is 1.97. The third-order valence-electron chi connectivity index (χ3n) is 4.76. The van der Waals surface area contributed by atoms with Crippen LogP contribution in [-0.4, -0.2) is 50.5 Å². The summed E-state index contributed by atoms with van der Waals surface area (Å²) < 4.78 is 1.69. The molecule has 1 aliphatic heterocycles. The van der Waals surface area contributed by atoms with Gasteiger partial charge in [0.05, 0.1) is 5.69 Å². The molecule has 8 nitrogen and oxygen atoms in total. The Kier molecular flexibility index (Phi) is 5.87. The van der Waals surface area contributed by atoms with Crippen LogP contribution in [0.1, 0.15) is 61.0 Å². The minimum absolute atomic E-state index is 0.101. The number of rotatable bonds is 7. The molecule has 0 spiro atoms. The highest BCUT2D eigenvalue weighted by Crippen LogP contribution is 2.23. The van der Waals surface area contributed by atoms with Crippen molar-refractivity contribution in [1.82, 2.24) is 25.0 Å². The molecule has 2 heterocycles. The lowest BCUT2D eigenvalue weighted by atomic mass is 10.0. The lowest BCUT2D eigenvalue weighted by Crippen LogP contribution is -2.33. The SMILES string of the molecule is Cc1nc(C(=O)NCCCN2C(=O)CCC2=O)nn1-c1ccccc1C(C)C. The lowest BCUT2D eigenvalue weighted by Gasteiger charge is -2.13. The third kappa shape index (κ3) is 4.11. The summed E-state index contributed by atoms with van der Waals surface area (Å²) in [6.07, 6.45) is 1.06. The van der Waals surface area contributed by atoms with E-state index in [0.717, 1.165) is 11.3 Å². The van der Waals surface area contributed by atoms with Crippen LogP contribution in [0.25, 0.3) is 5.69 Å². The van der Waals surface area contributed by atoms with E-state index in [2.05, 4.69) is 29.2 Å². The molecule has 1 aromatic heterocycles. The summed E-state index contributed by atoms with van der Waals surface area (Å²) in [7, 11) is 0. The first kappa shape index (κ1) is 19.7. The fourth-order valence-electron chi connectivity index (χ4n) is 3.27. The first-order valence-corrected chi connectivity index (χ1v) is 9.53. The monoisotopic (exact) mass is 383 g/mol. The van der Waals surface area contributed by atoms with Crippen molar-refractivity contribution in [3.05, 3.63) is 41.5 Å². The number of imide groups is 1. The number of nitrogens with zero attached hydrogens (tertiary/aromatic N) is 4. The van der Waals surface area contributed by atoms with E-state index in [1.807, 2.05) is 31.2 Å². The van der Waals surface area contributed by atoms with Gasteiger partial charge in [0.15, 0.2) is 0 Å². The zero-order valence-electron chi connectivity index (χ0n) is 16.4. The van der Waals surface area contributed by atoms with E-state index in [4.69, 9.17) is 0 Å². The number of nitrogens with one attached hydrogen (secondary N) is 1. The summed E-state index contributed by atoms with van der Waals surface area (Å²) in [6.45, 7) is 6.68. The van der Waals surface area contributed by atoms with Crippen LogP contribution < -0.4 is 5.32 Å². The van der Waals surface area contributed by atoms with Gasteiger partial charge in [-0.05, 0) is 30.9 Å². The Hall–Kier alpha value is -3.03. The number of hydrogen-bond acceptors (Lipinski definition) is 5. The van der Waals surface area contributed by atoms with E-state index in [9.17, 15) is 14.4 Å². The molecule has 0 unspecified atom stereocenters. The van der Waals surface area contributed by atoms with Gasteiger partial charge in [-0.25, -0.2) is 9.67 Å². The molecule has 28 heavy (non-hydrogen) atoms. The number of amides is 3. The van der Waals surface area contributed by atoms with Gasteiger partial charge in [-0.1, -0.05) is 32.0 Å². The molecule has 148 valence electrons. The Balaban J connectivity index is 1.62. The van der Waals surface area contributed by atoms with Crippen LogP contribution in [0.5, 0.6) is 0 Å². The molecule has 1 saturated heterocycles. The minimum atomic E-state index is -0.372. The van der Waals surface area contributed by atoms with Gasteiger partial charge in [-0.3, -0.25) is 19.3 Å². The summed E-state index contributed by atoms with van der Waals surface area (Å²) in [5, 5.41) is 7.13. The first-order valence-electron chi connectivity index (χ1n) is 9.53. The van der Waals surface area contributed by atoms with Crippen molar-refractivity contribution < 1.29 is 14.4 Å². The maximum atomic E-state index is 12.4. The Morgan fingerprint density at radius 3 is 2.54 bits per heavy atom. The van der Waals surface area contributed by atoms with Crippen LogP contribution in [-0.2, 0) is 9.59 Å². The summed E-state index contributed by atoms with van der Waals surface area (Å²) in [6, 6.07) is 7.92. The maximum Gasteiger partial charge on any atom is 0.290 e. The summed E-state index contributed by atoms with van der Waals surface area (Å²) in [5.41, 5.74) is 2.04. The molecule has 0 aliphatic carbocycles. The molecular weight excluding hydrogens is 358 g/mol. The van der Waals surface area contributed by atoms with Crippen molar-refractivity contribution >= 4 is 17.7 Å². The van der Waals surface area contributed by atoms with Crippen molar-refractivity contribution in [2.75, 3.05) is 13.1 Å². The van der Waals surface area contributed by atoms with E-state index >= 15 is 0 Å². The maximum absolute atomic E-state index is 12.4. The molecular formula is C20H25N5O3. The van der Waals surface area contributed by atoms with E-state index in [1.165, 1.54) is 4.90 Å². The Labute approximate surface area is 163 Å². The molecule has 0 bridgehead atoms. The number of para-hydroxylation sites is 1. The fraction of sp³-hybridized carbons (Fsp3) is 0.450. The molecule has 0 radical (unpaired) electrons. The number of hydrogen-bond donors (Lipinski definition) is 1. The Morgan fingerprint density at radius 2 is 1.86 bits per heavy atom. The van der Waals surface area contributed by atoms with Crippen LogP contribution in [0, 0.1) is 6.92 Å². The van der Waals surface area contributed by atoms with E-state index in [1.54, 1.807) is 4.68 Å². The molecule has 3 rings (SSSR count). The quantitative estimate of drug-likeness (QED) is 0.582. The van der Waals surface area contributed by atoms with Gasteiger partial charge in [-0.15, -0.1) is 5.10 Å². The highest BCUT2D eigenvalue weighted by Gasteiger charge is 2.28. The van der Waals surface area contributed by atoms with Gasteiger partial charge in [0.1, 0.15) is 5.82 Å². The zero-order chi connectivity index (χ0) is 20.3. The van der Waals surface area contributed by atoms with Gasteiger partial charge < -0.3 is 5.32 Å². The molecule has 2 aromatic rings. The number of carbonyl (C=O) groups excluding carboxylic acids is 3. The summed E-state index contributed by atoms with van der Waals surface area (Å²) >= 11 is 0. The smallest absolute Gasteiger partial charge is 0.290 e. The lowest BCUT2D eigenvalue weighted by molar-refractivity contribution is -0.138. The largest absolute Gasteiger partial charge is 0.349 e. The van der Waals surface area contributed by atoms with E-state index < -0.39 is 0 Å². The van der Waals surface area contributed by atoms with Gasteiger partial charge in [0, 0.05) is 25.9 Å². The molecule has 0 saturated carbocycles. The van der Waals surface area contributed by atoms with Crippen molar-refractivity contribution in [1.29, 1.82) is 0 Å². The van der Waals surface area contributed by atoms with Gasteiger partial charge in [-0.2, -0.15) is 0 Å². The Bertz CT molecular complexity index is 887. The highest BCUT2D eigenvalue weighted by atomic mass is 16.2. The molecule has 8 heteroatoms. The second-order valence-electron chi connectivity index (χ2n) is 7.16. The number of benzene rings is 1. The summed E-state index contributed by atoms with van der Waals surface area (Å²) in [5.74, 6) is 0.388. The number of carbonyl (C=O) groups is 3. The fourth-order valence-corrected chi connectivity index (χ4v) is 3.27. The van der Waals surface area contributed by atoms with E-state index in [-0.39, 0.29) is 36.4 Å². The van der Waals surface area contributed by atoms with E-state index in [0.29, 0.717) is 31.3 Å².